The van der Waals surface area contributed by atoms with Gasteiger partial charge in [0, 0.05) is 11.6 Å². The Morgan fingerprint density at radius 2 is 1.85 bits per heavy atom. The minimum atomic E-state index is -3.85. The van der Waals surface area contributed by atoms with Gasteiger partial charge in [0.05, 0.1) is 16.7 Å². The predicted molar refractivity (Wildman–Crippen MR) is 99.9 cm³/mol. The van der Waals surface area contributed by atoms with Crippen LogP contribution in [0.4, 0.5) is 5.69 Å². The molecule has 2 aromatic rings. The first-order valence-electron chi connectivity index (χ1n) is 8.54. The minimum Gasteiger partial charge on any atom is -0.489 e. The van der Waals surface area contributed by atoms with Crippen LogP contribution < -0.4 is 14.8 Å². The number of hydrogen-bond donors (Lipinski definition) is 2. The first-order chi connectivity index (χ1) is 12.3. The van der Waals surface area contributed by atoms with Gasteiger partial charge in [-0.15, -0.1) is 0 Å². The monoisotopic (exact) mass is 374 g/mol. The van der Waals surface area contributed by atoms with Crippen molar-refractivity contribution in [3.8, 4) is 5.75 Å². The molecule has 0 aliphatic heterocycles. The van der Waals surface area contributed by atoms with E-state index in [4.69, 9.17) is 4.74 Å². The Morgan fingerprint density at radius 1 is 1.12 bits per heavy atom. The van der Waals surface area contributed by atoms with Crippen LogP contribution in [0.5, 0.6) is 5.75 Å². The quantitative estimate of drug-likeness (QED) is 0.780. The Morgan fingerprint density at radius 3 is 2.54 bits per heavy atom. The molecule has 0 unspecified atom stereocenters. The van der Waals surface area contributed by atoms with Gasteiger partial charge in [-0.1, -0.05) is 18.2 Å². The first-order valence-corrected chi connectivity index (χ1v) is 10.0. The number of anilines is 1. The average Bonchev–Trinajstić information content (AvgIpc) is 3.40. The average molecular weight is 374 g/mol. The highest BCUT2D eigenvalue weighted by molar-refractivity contribution is 7.92. The smallest absolute Gasteiger partial charge is 0.262 e. The molecule has 2 N–H and O–H groups in total. The summed E-state index contributed by atoms with van der Waals surface area (Å²) in [5, 5.41) is 2.86. The third kappa shape index (κ3) is 4.54. The van der Waals surface area contributed by atoms with Gasteiger partial charge in [0.15, 0.2) is 0 Å². The summed E-state index contributed by atoms with van der Waals surface area (Å²) in [7, 11) is -3.85. The molecule has 2 aromatic carbocycles. The van der Waals surface area contributed by atoms with E-state index in [1.54, 1.807) is 36.4 Å². The SMILES string of the molecule is CC(C)Oc1ccccc1NS(=O)(=O)c1cccc(C(=O)NC2CC2)c1. The Kier molecular flexibility index (Phi) is 5.18. The van der Waals surface area contributed by atoms with Crippen LogP contribution in [0.2, 0.25) is 0 Å². The number of para-hydroxylation sites is 2. The lowest BCUT2D eigenvalue weighted by Crippen LogP contribution is -2.25. The summed E-state index contributed by atoms with van der Waals surface area (Å²) in [5.41, 5.74) is 0.681. The molecule has 0 spiro atoms. The summed E-state index contributed by atoms with van der Waals surface area (Å²) in [6.45, 7) is 3.74. The van der Waals surface area contributed by atoms with Crippen LogP contribution in [0.1, 0.15) is 37.0 Å². The van der Waals surface area contributed by atoms with Crippen molar-refractivity contribution in [1.29, 1.82) is 0 Å². The van der Waals surface area contributed by atoms with Crippen molar-refractivity contribution in [3.63, 3.8) is 0 Å². The van der Waals surface area contributed by atoms with Gasteiger partial charge >= 0.3 is 0 Å². The molecule has 0 atom stereocenters. The molecule has 1 aliphatic rings. The second kappa shape index (κ2) is 7.37. The van der Waals surface area contributed by atoms with Crippen LogP contribution >= 0.6 is 0 Å². The fraction of sp³-hybridized carbons (Fsp3) is 0.316. The Bertz CT molecular complexity index is 905. The molecule has 0 radical (unpaired) electrons. The number of nitrogens with one attached hydrogen (secondary N) is 2. The summed E-state index contributed by atoms with van der Waals surface area (Å²) in [6.07, 6.45) is 1.85. The lowest BCUT2D eigenvalue weighted by molar-refractivity contribution is 0.0951. The van der Waals surface area contributed by atoms with Gasteiger partial charge in [-0.25, -0.2) is 8.42 Å². The number of sulfonamides is 1. The number of hydrogen-bond acceptors (Lipinski definition) is 4. The summed E-state index contributed by atoms with van der Waals surface area (Å²) in [5.74, 6) is 0.196. The van der Waals surface area contributed by atoms with E-state index < -0.39 is 10.0 Å². The summed E-state index contributed by atoms with van der Waals surface area (Å²) < 4.78 is 33.7. The molecule has 0 heterocycles. The largest absolute Gasteiger partial charge is 0.489 e. The van der Waals surface area contributed by atoms with Gasteiger partial charge in [0.25, 0.3) is 15.9 Å². The lowest BCUT2D eigenvalue weighted by atomic mass is 10.2. The lowest BCUT2D eigenvalue weighted by Gasteiger charge is -2.16. The zero-order valence-electron chi connectivity index (χ0n) is 14.7. The van der Waals surface area contributed by atoms with E-state index in [1.807, 2.05) is 13.8 Å². The second-order valence-electron chi connectivity index (χ2n) is 6.54. The van der Waals surface area contributed by atoms with Crippen molar-refractivity contribution in [3.05, 3.63) is 54.1 Å². The zero-order valence-corrected chi connectivity index (χ0v) is 15.5. The molecule has 0 saturated heterocycles. The van der Waals surface area contributed by atoms with Crippen LogP contribution in [0.15, 0.2) is 53.4 Å². The Hall–Kier alpha value is -2.54. The number of carbonyl (C=O) groups excluding carboxylic acids is 1. The van der Waals surface area contributed by atoms with E-state index in [2.05, 4.69) is 10.0 Å². The predicted octanol–water partition coefficient (Wildman–Crippen LogP) is 3.17. The Labute approximate surface area is 153 Å². The van der Waals surface area contributed by atoms with Gasteiger partial charge in [0.1, 0.15) is 5.75 Å². The third-order valence-electron chi connectivity index (χ3n) is 3.81. The maximum atomic E-state index is 12.8. The van der Waals surface area contributed by atoms with E-state index in [1.165, 1.54) is 12.1 Å². The maximum Gasteiger partial charge on any atom is 0.262 e. The highest BCUT2D eigenvalue weighted by Gasteiger charge is 2.24. The molecule has 1 saturated carbocycles. The fourth-order valence-corrected chi connectivity index (χ4v) is 3.53. The van der Waals surface area contributed by atoms with E-state index in [0.29, 0.717) is 17.0 Å². The summed E-state index contributed by atoms with van der Waals surface area (Å²) in [4.78, 5) is 12.2. The van der Waals surface area contributed by atoms with Crippen LogP contribution in [0.3, 0.4) is 0 Å². The van der Waals surface area contributed by atoms with Gasteiger partial charge in [-0.05, 0) is 57.0 Å². The molecular formula is C19H22N2O4S. The molecule has 26 heavy (non-hydrogen) atoms. The minimum absolute atomic E-state index is 0.0281. The number of benzene rings is 2. The van der Waals surface area contributed by atoms with Crippen molar-refractivity contribution in [2.24, 2.45) is 0 Å². The van der Waals surface area contributed by atoms with E-state index in [0.717, 1.165) is 12.8 Å². The molecule has 0 aromatic heterocycles. The molecule has 138 valence electrons. The van der Waals surface area contributed by atoms with Crippen LogP contribution in [0, 0.1) is 0 Å². The molecule has 0 bridgehead atoms. The number of amides is 1. The van der Waals surface area contributed by atoms with Crippen molar-refractivity contribution in [2.75, 3.05) is 4.72 Å². The van der Waals surface area contributed by atoms with Crippen molar-refractivity contribution in [1.82, 2.24) is 5.32 Å². The van der Waals surface area contributed by atoms with Crippen LogP contribution in [-0.2, 0) is 10.0 Å². The first kappa shape index (κ1) is 18.3. The zero-order chi connectivity index (χ0) is 18.7. The Balaban J connectivity index is 1.83. The second-order valence-corrected chi connectivity index (χ2v) is 8.23. The van der Waals surface area contributed by atoms with Crippen LogP contribution in [-0.4, -0.2) is 26.5 Å². The molecule has 1 aliphatic carbocycles. The molecule has 7 heteroatoms. The highest BCUT2D eigenvalue weighted by Crippen LogP contribution is 2.28. The van der Waals surface area contributed by atoms with E-state index in [-0.39, 0.29) is 22.9 Å². The molecule has 1 fully saturated rings. The molecule has 1 amide bonds. The van der Waals surface area contributed by atoms with Crippen LogP contribution in [0.25, 0.3) is 0 Å². The van der Waals surface area contributed by atoms with Gasteiger partial charge in [-0.3, -0.25) is 9.52 Å². The number of rotatable bonds is 7. The number of ether oxygens (including phenoxy) is 1. The molecular weight excluding hydrogens is 352 g/mol. The van der Waals surface area contributed by atoms with E-state index in [9.17, 15) is 13.2 Å². The van der Waals surface area contributed by atoms with E-state index >= 15 is 0 Å². The summed E-state index contributed by atoms with van der Waals surface area (Å²) >= 11 is 0. The highest BCUT2D eigenvalue weighted by atomic mass is 32.2. The van der Waals surface area contributed by atoms with Gasteiger partial charge in [-0.2, -0.15) is 0 Å². The summed E-state index contributed by atoms with van der Waals surface area (Å²) in [6, 6.07) is 13.1. The van der Waals surface area contributed by atoms with Gasteiger partial charge in [0.2, 0.25) is 0 Å². The van der Waals surface area contributed by atoms with Crippen molar-refractivity contribution in [2.45, 2.75) is 43.7 Å². The van der Waals surface area contributed by atoms with Crippen molar-refractivity contribution < 1.29 is 17.9 Å². The third-order valence-corrected chi connectivity index (χ3v) is 5.18. The number of carbonyl (C=O) groups is 1. The topological polar surface area (TPSA) is 84.5 Å². The fourth-order valence-electron chi connectivity index (χ4n) is 2.41. The maximum absolute atomic E-state index is 12.8. The normalized spacial score (nSPS) is 14.1. The van der Waals surface area contributed by atoms with Crippen molar-refractivity contribution >= 4 is 21.6 Å². The molecule has 6 nitrogen and oxygen atoms in total. The van der Waals surface area contributed by atoms with Gasteiger partial charge < -0.3 is 10.1 Å². The standard InChI is InChI=1S/C19H22N2O4S/c1-13(2)25-18-9-4-3-8-17(18)21-26(23,24)16-7-5-6-14(12-16)19(22)20-15-10-11-15/h3-9,12-13,15,21H,10-11H2,1-2H3,(H,20,22). The molecule has 3 rings (SSSR count).